The molecule has 4 fully saturated rings. The molecule has 2 aromatic heterocycles. The van der Waals surface area contributed by atoms with Crippen molar-refractivity contribution in [2.75, 3.05) is 41.3 Å². The quantitative estimate of drug-likeness (QED) is 0.220. The minimum absolute atomic E-state index is 0.0241. The maximum atomic E-state index is 13.6. The summed E-state index contributed by atoms with van der Waals surface area (Å²) in [4.78, 5) is 87.8. The Morgan fingerprint density at radius 2 is 1.67 bits per heavy atom. The number of pyridine rings is 1. The first kappa shape index (κ1) is 41.7. The van der Waals surface area contributed by atoms with E-state index in [0.717, 1.165) is 54.7 Å². The lowest BCUT2D eigenvalue weighted by Crippen LogP contribution is -2.59. The summed E-state index contributed by atoms with van der Waals surface area (Å²) in [6, 6.07) is 14.6. The summed E-state index contributed by atoms with van der Waals surface area (Å²) < 4.78 is 6.32. The van der Waals surface area contributed by atoms with E-state index in [-0.39, 0.29) is 48.2 Å². The van der Waals surface area contributed by atoms with Gasteiger partial charge in [0.2, 0.25) is 17.8 Å². The van der Waals surface area contributed by atoms with Crippen molar-refractivity contribution < 1.29 is 28.7 Å². The van der Waals surface area contributed by atoms with Gasteiger partial charge >= 0.3 is 6.03 Å². The first-order chi connectivity index (χ1) is 30.4. The molecule has 17 nitrogen and oxygen atoms in total. The molecule has 4 aromatic rings. The lowest BCUT2D eigenvalue weighted by atomic mass is 9.84. The van der Waals surface area contributed by atoms with Crippen molar-refractivity contribution in [3.05, 3.63) is 77.7 Å². The van der Waals surface area contributed by atoms with E-state index in [1.807, 2.05) is 36.1 Å². The predicted molar refractivity (Wildman–Crippen MR) is 233 cm³/mol. The van der Waals surface area contributed by atoms with Crippen LogP contribution in [-0.4, -0.2) is 128 Å². The van der Waals surface area contributed by atoms with E-state index in [4.69, 9.17) is 4.74 Å². The number of piperidine rings is 2. The fourth-order valence-electron chi connectivity index (χ4n) is 10.1. The summed E-state index contributed by atoms with van der Waals surface area (Å²) in [6.07, 6.45) is 8.74. The molecule has 1 aliphatic carbocycles. The third-order valence-corrected chi connectivity index (χ3v) is 13.3. The van der Waals surface area contributed by atoms with E-state index >= 15 is 0 Å². The van der Waals surface area contributed by atoms with Gasteiger partial charge in [-0.1, -0.05) is 0 Å². The Kier molecular flexibility index (Phi) is 11.2. The number of carbonyl (C=O) groups excluding carboxylic acids is 5. The zero-order valence-electron chi connectivity index (χ0n) is 35.9. The monoisotopic (exact) mass is 853 g/mol. The maximum Gasteiger partial charge on any atom is 0.322 e. The molecule has 17 heteroatoms. The number of rotatable bonds is 9. The molecule has 1 unspecified atom stereocenters. The number of imide groups is 2. The summed E-state index contributed by atoms with van der Waals surface area (Å²) in [5.74, 6) is -0.988. The summed E-state index contributed by atoms with van der Waals surface area (Å²) in [6.45, 7) is 11.3. The number of hydrogen-bond donors (Lipinski definition) is 2. The van der Waals surface area contributed by atoms with Crippen molar-refractivity contribution in [3.8, 4) is 11.8 Å². The highest BCUT2D eigenvalue weighted by molar-refractivity contribution is 6.23. The highest BCUT2D eigenvalue weighted by Gasteiger charge is 2.46. The number of carbonyl (C=O) groups is 5. The number of nitrogens with one attached hydrogen (secondary N) is 2. The van der Waals surface area contributed by atoms with E-state index in [1.165, 1.54) is 0 Å². The number of urea groups is 1. The highest BCUT2D eigenvalue weighted by atomic mass is 16.5. The number of amides is 6. The molecule has 2 N–H and O–H groups in total. The first-order valence-corrected chi connectivity index (χ1v) is 21.9. The number of anilines is 3. The standard InChI is InChI=1S/C46H51N11O6/c1-26(2)56(32-18-34(19-32)63-33-8-9-35-37(20-33)44(61)57(43(35)60)39-11-12-40(58)52-42(39)59)31-13-16-53(17-14-31)45-49-22-30(23-50-45)51-46(62)55-25-27(3)54(24-28(55)4)38-10-7-29(21-47)41-36(38)6-5-15-48-41/h5-10,15,20,22-23,26-28,31-32,34,39H,11-14,16-19,24-25H2,1-4H3,(H,51,62)(H,52,58,59)/t27-,28+,32?,34?,39?/m0/s1. The van der Waals surface area contributed by atoms with Crippen LogP contribution in [0, 0.1) is 11.3 Å². The molecule has 3 atom stereocenters. The van der Waals surface area contributed by atoms with Gasteiger partial charge < -0.3 is 24.8 Å². The maximum absolute atomic E-state index is 13.6. The molecule has 9 rings (SSSR count). The Morgan fingerprint density at radius 3 is 2.38 bits per heavy atom. The fourth-order valence-corrected chi connectivity index (χ4v) is 10.1. The van der Waals surface area contributed by atoms with Gasteiger partial charge in [-0.3, -0.25) is 39.3 Å². The minimum atomic E-state index is -1.01. The molecule has 63 heavy (non-hydrogen) atoms. The van der Waals surface area contributed by atoms with Gasteiger partial charge in [-0.2, -0.15) is 5.26 Å². The Labute approximate surface area is 365 Å². The van der Waals surface area contributed by atoms with Gasteiger partial charge in [0.25, 0.3) is 11.8 Å². The van der Waals surface area contributed by atoms with Crippen LogP contribution in [0.1, 0.15) is 92.5 Å². The van der Waals surface area contributed by atoms with Gasteiger partial charge in [0, 0.05) is 92.9 Å². The third kappa shape index (κ3) is 7.88. The van der Waals surface area contributed by atoms with Crippen molar-refractivity contribution in [1.29, 1.82) is 5.26 Å². The van der Waals surface area contributed by atoms with Crippen LogP contribution in [0.3, 0.4) is 0 Å². The van der Waals surface area contributed by atoms with E-state index in [1.54, 1.807) is 36.8 Å². The highest BCUT2D eigenvalue weighted by Crippen LogP contribution is 2.37. The van der Waals surface area contributed by atoms with Crippen molar-refractivity contribution >= 4 is 57.9 Å². The van der Waals surface area contributed by atoms with E-state index in [9.17, 15) is 29.2 Å². The van der Waals surface area contributed by atoms with Crippen molar-refractivity contribution in [2.24, 2.45) is 0 Å². The van der Waals surface area contributed by atoms with Crippen LogP contribution < -0.4 is 25.2 Å². The number of ether oxygens (including phenoxy) is 1. The summed E-state index contributed by atoms with van der Waals surface area (Å²) in [5.41, 5.74) is 3.19. The van der Waals surface area contributed by atoms with Crippen LogP contribution in [0.4, 0.5) is 22.1 Å². The topological polar surface area (TPSA) is 197 Å². The fraction of sp³-hybridized carbons (Fsp3) is 0.457. The van der Waals surface area contributed by atoms with E-state index < -0.39 is 29.7 Å². The zero-order valence-corrected chi connectivity index (χ0v) is 35.9. The van der Waals surface area contributed by atoms with Crippen LogP contribution in [-0.2, 0) is 9.59 Å². The molecular weight excluding hydrogens is 803 g/mol. The largest absolute Gasteiger partial charge is 0.490 e. The van der Waals surface area contributed by atoms with Crippen molar-refractivity contribution in [1.82, 2.24) is 35.0 Å². The molecule has 6 amide bonds. The Morgan fingerprint density at radius 1 is 0.921 bits per heavy atom. The molecule has 0 spiro atoms. The number of piperazine rings is 1. The number of benzene rings is 2. The second-order valence-corrected chi connectivity index (χ2v) is 17.6. The van der Waals surface area contributed by atoms with Gasteiger partial charge in [-0.15, -0.1) is 0 Å². The van der Waals surface area contributed by atoms with Crippen LogP contribution in [0.2, 0.25) is 0 Å². The number of aromatic nitrogens is 3. The number of hydrogen-bond acceptors (Lipinski definition) is 13. The van der Waals surface area contributed by atoms with Crippen molar-refractivity contribution in [3.63, 3.8) is 0 Å². The average Bonchev–Trinajstić information content (AvgIpc) is 3.51. The number of nitriles is 1. The Bertz CT molecular complexity index is 2510. The summed E-state index contributed by atoms with van der Waals surface area (Å²) in [7, 11) is 0. The normalized spacial score (nSPS) is 24.1. The molecule has 0 bridgehead atoms. The molecule has 2 aromatic carbocycles. The summed E-state index contributed by atoms with van der Waals surface area (Å²) >= 11 is 0. The molecule has 3 saturated heterocycles. The van der Waals surface area contributed by atoms with Crippen LogP contribution in [0.25, 0.3) is 10.9 Å². The van der Waals surface area contributed by atoms with Crippen LogP contribution >= 0.6 is 0 Å². The first-order valence-electron chi connectivity index (χ1n) is 21.9. The molecule has 5 aliphatic rings. The Hall–Kier alpha value is -6.67. The lowest BCUT2D eigenvalue weighted by molar-refractivity contribution is -0.136. The van der Waals surface area contributed by atoms with Crippen molar-refractivity contribution in [2.45, 2.75) is 109 Å². The predicted octanol–water partition coefficient (Wildman–Crippen LogP) is 4.72. The van der Waals surface area contributed by atoms with Gasteiger partial charge in [-0.05, 0) is 89.4 Å². The molecule has 4 aliphatic heterocycles. The second-order valence-electron chi connectivity index (χ2n) is 17.6. The molecule has 326 valence electrons. The van der Waals surface area contributed by atoms with E-state index in [2.05, 4.69) is 67.1 Å². The second kappa shape index (κ2) is 16.9. The summed E-state index contributed by atoms with van der Waals surface area (Å²) in [5, 5.41) is 15.8. The smallest absolute Gasteiger partial charge is 0.322 e. The molecule has 1 saturated carbocycles. The third-order valence-electron chi connectivity index (χ3n) is 13.3. The Balaban J connectivity index is 0.751. The zero-order chi connectivity index (χ0) is 44.1. The average molecular weight is 854 g/mol. The number of nitrogens with zero attached hydrogens (tertiary/aromatic N) is 9. The minimum Gasteiger partial charge on any atom is -0.490 e. The molecule has 0 radical (unpaired) electrons. The van der Waals surface area contributed by atoms with Gasteiger partial charge in [-0.25, -0.2) is 14.8 Å². The molecular formula is C46H51N11O6. The van der Waals surface area contributed by atoms with Gasteiger partial charge in [0.15, 0.2) is 0 Å². The van der Waals surface area contributed by atoms with Crippen LogP contribution in [0.15, 0.2) is 61.1 Å². The van der Waals surface area contributed by atoms with Gasteiger partial charge in [0.1, 0.15) is 24.0 Å². The van der Waals surface area contributed by atoms with Crippen LogP contribution in [0.5, 0.6) is 5.75 Å². The van der Waals surface area contributed by atoms with E-state index in [0.29, 0.717) is 59.7 Å². The SMILES string of the molecule is CC(C)N(C1CCN(c2ncc(NC(=O)N3C[C@H](C)N(c4ccc(C#N)c5ncccc45)C[C@H]3C)cn2)CC1)C1CC(Oc2ccc3c(c2)C(=O)N(C2CCC(=O)NC2=O)C3=O)C1. The molecule has 6 heterocycles. The van der Waals surface area contributed by atoms with Gasteiger partial charge in [0.05, 0.1) is 40.3 Å². The number of fused-ring (bicyclic) bond motifs is 2. The lowest BCUT2D eigenvalue weighted by Gasteiger charge is -2.50.